The van der Waals surface area contributed by atoms with Crippen LogP contribution in [0.25, 0.3) is 22.6 Å². The molecule has 0 radical (unpaired) electrons. The Labute approximate surface area is 192 Å². The van der Waals surface area contributed by atoms with Crippen LogP contribution in [-0.2, 0) is 6.54 Å². The second kappa shape index (κ2) is 8.43. The van der Waals surface area contributed by atoms with Crippen molar-refractivity contribution in [2.45, 2.75) is 45.3 Å². The van der Waals surface area contributed by atoms with Crippen molar-refractivity contribution in [1.82, 2.24) is 19.5 Å². The van der Waals surface area contributed by atoms with Gasteiger partial charge in [-0.25, -0.2) is 9.97 Å². The van der Waals surface area contributed by atoms with E-state index in [-0.39, 0.29) is 5.60 Å². The molecule has 6 nitrogen and oxygen atoms in total. The lowest BCUT2D eigenvalue weighted by molar-refractivity contribution is 0.194. The minimum absolute atomic E-state index is 0.166. The lowest BCUT2D eigenvalue weighted by atomic mass is 10.2. The first kappa shape index (κ1) is 20.8. The Morgan fingerprint density at radius 2 is 1.91 bits per heavy atom. The molecule has 2 aromatic heterocycles. The molecule has 2 heterocycles. The number of hydrogen-bond acceptors (Lipinski definition) is 5. The topological polar surface area (TPSA) is 62.1 Å². The fraction of sp³-hybridized carbons (Fsp3) is 0.320. The summed E-state index contributed by atoms with van der Waals surface area (Å²) in [6.07, 6.45) is 4.51. The summed E-state index contributed by atoms with van der Waals surface area (Å²) < 4.78 is 14.0. The lowest BCUT2D eigenvalue weighted by Crippen LogP contribution is -2.13. The third-order valence-electron chi connectivity index (χ3n) is 5.63. The second-order valence-corrected chi connectivity index (χ2v) is 8.81. The molecule has 5 rings (SSSR count). The Hall–Kier alpha value is -3.12. The van der Waals surface area contributed by atoms with Crippen LogP contribution in [0.3, 0.4) is 0 Å². The van der Waals surface area contributed by atoms with Crippen LogP contribution in [0.4, 0.5) is 0 Å². The number of aromatic nitrogens is 4. The molecule has 4 aromatic rings. The van der Waals surface area contributed by atoms with Crippen molar-refractivity contribution in [3.8, 4) is 23.0 Å². The zero-order chi connectivity index (χ0) is 22.1. The predicted octanol–water partition coefficient (Wildman–Crippen LogP) is 5.92. The molecule has 0 saturated heterocycles. The Balaban J connectivity index is 1.63. The highest BCUT2D eigenvalue weighted by Gasteiger charge is 2.41. The van der Waals surface area contributed by atoms with E-state index in [0.717, 1.165) is 47.6 Å². The summed E-state index contributed by atoms with van der Waals surface area (Å²) >= 11 is 6.70. The van der Waals surface area contributed by atoms with Crippen LogP contribution in [0, 0.1) is 0 Å². The second-order valence-electron chi connectivity index (χ2n) is 8.40. The van der Waals surface area contributed by atoms with Gasteiger partial charge in [-0.15, -0.1) is 0 Å². The number of benzene rings is 2. The van der Waals surface area contributed by atoms with E-state index in [2.05, 4.69) is 40.5 Å². The number of nitrogens with zero attached hydrogens (tertiary/aromatic N) is 4. The summed E-state index contributed by atoms with van der Waals surface area (Å²) in [5, 5.41) is 0.577. The van der Waals surface area contributed by atoms with Crippen molar-refractivity contribution >= 4 is 22.8 Å². The zero-order valence-electron chi connectivity index (χ0n) is 18.2. The summed E-state index contributed by atoms with van der Waals surface area (Å²) in [7, 11) is 0. The van der Waals surface area contributed by atoms with Gasteiger partial charge in [0.25, 0.3) is 0 Å². The van der Waals surface area contributed by atoms with Gasteiger partial charge < -0.3 is 14.0 Å². The van der Waals surface area contributed by atoms with Gasteiger partial charge in [0.1, 0.15) is 23.5 Å². The lowest BCUT2D eigenvalue weighted by Gasteiger charge is -2.12. The van der Waals surface area contributed by atoms with Crippen molar-refractivity contribution in [1.29, 1.82) is 0 Å². The number of imidazole rings is 1. The quantitative estimate of drug-likeness (QED) is 0.335. The first-order valence-electron chi connectivity index (χ1n) is 10.9. The van der Waals surface area contributed by atoms with Crippen molar-refractivity contribution < 1.29 is 9.47 Å². The van der Waals surface area contributed by atoms with Crippen molar-refractivity contribution in [2.24, 2.45) is 0 Å². The Morgan fingerprint density at radius 3 is 2.62 bits per heavy atom. The molecule has 0 spiro atoms. The van der Waals surface area contributed by atoms with E-state index in [1.54, 1.807) is 6.33 Å². The average Bonchev–Trinajstić information content (AvgIpc) is 3.41. The van der Waals surface area contributed by atoms with E-state index in [1.165, 1.54) is 0 Å². The van der Waals surface area contributed by atoms with Crippen LogP contribution in [-0.4, -0.2) is 31.7 Å². The highest BCUT2D eigenvalue weighted by Crippen LogP contribution is 2.41. The van der Waals surface area contributed by atoms with E-state index in [0.29, 0.717) is 29.6 Å². The van der Waals surface area contributed by atoms with Gasteiger partial charge in [-0.1, -0.05) is 48.9 Å². The van der Waals surface area contributed by atoms with Gasteiger partial charge in [-0.05, 0) is 49.9 Å². The Morgan fingerprint density at radius 1 is 1.09 bits per heavy atom. The molecule has 1 aliphatic carbocycles. The first-order valence-corrected chi connectivity index (χ1v) is 11.3. The van der Waals surface area contributed by atoms with E-state index in [4.69, 9.17) is 26.1 Å². The Kier molecular flexibility index (Phi) is 5.47. The van der Waals surface area contributed by atoms with Crippen LogP contribution in [0.15, 0.2) is 54.9 Å². The van der Waals surface area contributed by atoms with Crippen LogP contribution in [0.2, 0.25) is 5.02 Å². The average molecular weight is 449 g/mol. The van der Waals surface area contributed by atoms with Crippen molar-refractivity contribution in [3.05, 3.63) is 65.4 Å². The zero-order valence-corrected chi connectivity index (χ0v) is 19.0. The molecular weight excluding hydrogens is 424 g/mol. The van der Waals surface area contributed by atoms with Crippen LogP contribution in [0.5, 0.6) is 11.6 Å². The van der Waals surface area contributed by atoms with Crippen LogP contribution < -0.4 is 9.47 Å². The predicted molar refractivity (Wildman–Crippen MR) is 125 cm³/mol. The summed E-state index contributed by atoms with van der Waals surface area (Å²) in [6, 6.07) is 16.0. The van der Waals surface area contributed by atoms with Crippen molar-refractivity contribution in [2.75, 3.05) is 6.61 Å². The maximum atomic E-state index is 6.70. The van der Waals surface area contributed by atoms with E-state index >= 15 is 0 Å². The molecule has 0 bridgehead atoms. The molecule has 32 heavy (non-hydrogen) atoms. The largest absolute Gasteiger partial charge is 0.494 e. The highest BCUT2D eigenvalue weighted by molar-refractivity contribution is 6.33. The van der Waals surface area contributed by atoms with E-state index in [1.807, 2.05) is 36.4 Å². The third kappa shape index (κ3) is 4.15. The molecule has 1 aliphatic rings. The number of rotatable bonds is 8. The SMILES string of the molecule is CCCOc1ccc(-c2nc3c(OC4(C)CC4)ncnc3n2Cc2ccccc2)c(Cl)c1. The molecule has 0 N–H and O–H groups in total. The third-order valence-corrected chi connectivity index (χ3v) is 5.95. The van der Waals surface area contributed by atoms with E-state index in [9.17, 15) is 0 Å². The number of hydrogen-bond donors (Lipinski definition) is 0. The van der Waals surface area contributed by atoms with Gasteiger partial charge in [0, 0.05) is 5.56 Å². The smallest absolute Gasteiger partial charge is 0.245 e. The minimum atomic E-state index is -0.166. The van der Waals surface area contributed by atoms with Crippen molar-refractivity contribution in [3.63, 3.8) is 0 Å². The molecule has 0 unspecified atom stereocenters. The Bertz CT molecular complexity index is 1250. The molecule has 1 saturated carbocycles. The maximum absolute atomic E-state index is 6.70. The fourth-order valence-corrected chi connectivity index (χ4v) is 3.87. The van der Waals surface area contributed by atoms with Gasteiger partial charge in [0.15, 0.2) is 11.2 Å². The first-order chi connectivity index (χ1) is 15.6. The highest BCUT2D eigenvalue weighted by atomic mass is 35.5. The summed E-state index contributed by atoms with van der Waals surface area (Å²) in [6.45, 7) is 5.42. The molecule has 2 aromatic carbocycles. The molecule has 1 fully saturated rings. The minimum Gasteiger partial charge on any atom is -0.494 e. The standard InChI is InChI=1S/C25H25ClN4O2/c1-3-13-31-18-9-10-19(20(26)14-18)22-29-21-23(30(22)15-17-7-5-4-6-8-17)27-16-28-24(21)32-25(2)11-12-25/h4-10,14,16H,3,11-13,15H2,1-2H3. The van der Waals surface area contributed by atoms with Gasteiger partial charge in [-0.3, -0.25) is 0 Å². The van der Waals surface area contributed by atoms with Gasteiger partial charge in [-0.2, -0.15) is 4.98 Å². The van der Waals surface area contributed by atoms with Gasteiger partial charge in [0.05, 0.1) is 18.2 Å². The normalized spacial score (nSPS) is 14.5. The molecular formula is C25H25ClN4O2. The molecule has 164 valence electrons. The molecule has 0 atom stereocenters. The fourth-order valence-electron chi connectivity index (χ4n) is 3.61. The molecule has 0 aliphatic heterocycles. The van der Waals surface area contributed by atoms with E-state index < -0.39 is 0 Å². The molecule has 0 amide bonds. The molecule has 7 heteroatoms. The number of halogens is 1. The van der Waals surface area contributed by atoms with Crippen LogP contribution in [0.1, 0.15) is 38.7 Å². The van der Waals surface area contributed by atoms with Crippen LogP contribution >= 0.6 is 11.6 Å². The maximum Gasteiger partial charge on any atom is 0.245 e. The number of ether oxygens (including phenoxy) is 2. The summed E-state index contributed by atoms with van der Waals surface area (Å²) in [5.74, 6) is 1.99. The summed E-state index contributed by atoms with van der Waals surface area (Å²) in [4.78, 5) is 13.9. The number of fused-ring (bicyclic) bond motifs is 1. The van der Waals surface area contributed by atoms with Gasteiger partial charge >= 0.3 is 0 Å². The summed E-state index contributed by atoms with van der Waals surface area (Å²) in [5.41, 5.74) is 3.16. The monoisotopic (exact) mass is 448 g/mol. The van der Waals surface area contributed by atoms with Gasteiger partial charge in [0.2, 0.25) is 5.88 Å².